The average molecular weight is 285 g/mol. The molecule has 1 amide bonds. The SMILES string of the molecule is CC(=O)Oc1cccc(C(=O)Nc2cc(C)ccc2O)c1. The van der Waals surface area contributed by atoms with Crippen LogP contribution >= 0.6 is 0 Å². The number of hydrogen-bond acceptors (Lipinski definition) is 4. The molecule has 2 aromatic carbocycles. The fourth-order valence-electron chi connectivity index (χ4n) is 1.81. The van der Waals surface area contributed by atoms with Gasteiger partial charge in [0.1, 0.15) is 11.5 Å². The molecule has 21 heavy (non-hydrogen) atoms. The number of hydrogen-bond donors (Lipinski definition) is 2. The maximum atomic E-state index is 12.2. The van der Waals surface area contributed by atoms with E-state index < -0.39 is 11.9 Å². The first kappa shape index (κ1) is 14.6. The van der Waals surface area contributed by atoms with E-state index in [4.69, 9.17) is 4.74 Å². The van der Waals surface area contributed by atoms with Gasteiger partial charge in [0, 0.05) is 12.5 Å². The number of benzene rings is 2. The summed E-state index contributed by atoms with van der Waals surface area (Å²) in [5.41, 5.74) is 1.57. The molecule has 0 unspecified atom stereocenters. The summed E-state index contributed by atoms with van der Waals surface area (Å²) < 4.78 is 4.93. The van der Waals surface area contributed by atoms with Crippen LogP contribution in [0.25, 0.3) is 0 Å². The number of phenols is 1. The quantitative estimate of drug-likeness (QED) is 0.516. The van der Waals surface area contributed by atoms with Crippen LogP contribution in [0.2, 0.25) is 0 Å². The Balaban J connectivity index is 2.20. The fourth-order valence-corrected chi connectivity index (χ4v) is 1.81. The number of aromatic hydroxyl groups is 1. The minimum atomic E-state index is -0.455. The van der Waals surface area contributed by atoms with E-state index in [1.807, 2.05) is 6.92 Å². The molecular formula is C16H15NO4. The predicted octanol–water partition coefficient (Wildman–Crippen LogP) is 2.88. The van der Waals surface area contributed by atoms with Crippen molar-refractivity contribution in [1.29, 1.82) is 0 Å². The largest absolute Gasteiger partial charge is 0.506 e. The number of phenolic OH excluding ortho intramolecular Hbond substituents is 1. The Morgan fingerprint density at radius 3 is 2.62 bits per heavy atom. The summed E-state index contributed by atoms with van der Waals surface area (Å²) in [7, 11) is 0. The molecule has 2 rings (SSSR count). The Morgan fingerprint density at radius 1 is 1.14 bits per heavy atom. The van der Waals surface area contributed by atoms with E-state index in [0.29, 0.717) is 17.0 Å². The highest BCUT2D eigenvalue weighted by molar-refractivity contribution is 6.05. The molecular weight excluding hydrogens is 270 g/mol. The number of rotatable bonds is 3. The van der Waals surface area contributed by atoms with Gasteiger partial charge in [-0.05, 0) is 42.8 Å². The molecule has 0 heterocycles. The van der Waals surface area contributed by atoms with E-state index in [1.165, 1.54) is 19.1 Å². The van der Waals surface area contributed by atoms with Crippen LogP contribution in [0.5, 0.6) is 11.5 Å². The lowest BCUT2D eigenvalue weighted by molar-refractivity contribution is -0.131. The summed E-state index contributed by atoms with van der Waals surface area (Å²) in [4.78, 5) is 23.1. The number of carbonyl (C=O) groups is 2. The van der Waals surface area contributed by atoms with Crippen LogP contribution in [0.1, 0.15) is 22.8 Å². The zero-order valence-electron chi connectivity index (χ0n) is 11.7. The third-order valence-electron chi connectivity index (χ3n) is 2.76. The predicted molar refractivity (Wildman–Crippen MR) is 78.5 cm³/mol. The molecule has 108 valence electrons. The fraction of sp³-hybridized carbons (Fsp3) is 0.125. The summed E-state index contributed by atoms with van der Waals surface area (Å²) in [5.74, 6) is -0.567. The number of anilines is 1. The Morgan fingerprint density at radius 2 is 1.90 bits per heavy atom. The van der Waals surface area contributed by atoms with Crippen molar-refractivity contribution in [2.45, 2.75) is 13.8 Å². The second kappa shape index (κ2) is 6.09. The molecule has 0 fully saturated rings. The molecule has 0 aromatic heterocycles. The lowest BCUT2D eigenvalue weighted by Gasteiger charge is -2.09. The molecule has 0 atom stereocenters. The molecule has 0 radical (unpaired) electrons. The van der Waals surface area contributed by atoms with E-state index >= 15 is 0 Å². The molecule has 2 N–H and O–H groups in total. The Kier molecular flexibility index (Phi) is 4.23. The van der Waals surface area contributed by atoms with Crippen LogP contribution in [0.4, 0.5) is 5.69 Å². The monoisotopic (exact) mass is 285 g/mol. The van der Waals surface area contributed by atoms with Crippen molar-refractivity contribution in [3.8, 4) is 11.5 Å². The zero-order chi connectivity index (χ0) is 15.4. The van der Waals surface area contributed by atoms with E-state index in [0.717, 1.165) is 5.56 Å². The van der Waals surface area contributed by atoms with Gasteiger partial charge in [-0.2, -0.15) is 0 Å². The van der Waals surface area contributed by atoms with Crippen molar-refractivity contribution in [1.82, 2.24) is 0 Å². The molecule has 2 aromatic rings. The average Bonchev–Trinajstić information content (AvgIpc) is 2.42. The number of carbonyl (C=O) groups excluding carboxylic acids is 2. The van der Waals surface area contributed by atoms with Crippen LogP contribution < -0.4 is 10.1 Å². The Hall–Kier alpha value is -2.82. The standard InChI is InChI=1S/C16H15NO4/c1-10-6-7-15(19)14(8-10)17-16(20)12-4-3-5-13(9-12)21-11(2)18/h3-9,19H,1-2H3,(H,17,20). The smallest absolute Gasteiger partial charge is 0.308 e. The number of nitrogens with one attached hydrogen (secondary N) is 1. The van der Waals surface area contributed by atoms with Gasteiger partial charge in [-0.25, -0.2) is 0 Å². The van der Waals surface area contributed by atoms with Crippen LogP contribution in [0.15, 0.2) is 42.5 Å². The van der Waals surface area contributed by atoms with Crippen LogP contribution in [0, 0.1) is 6.92 Å². The van der Waals surface area contributed by atoms with Gasteiger partial charge < -0.3 is 15.2 Å². The highest BCUT2D eigenvalue weighted by Gasteiger charge is 2.10. The third kappa shape index (κ3) is 3.82. The molecule has 0 saturated carbocycles. The van der Waals surface area contributed by atoms with Crippen LogP contribution in [-0.4, -0.2) is 17.0 Å². The van der Waals surface area contributed by atoms with Crippen molar-refractivity contribution in [3.63, 3.8) is 0 Å². The van der Waals surface area contributed by atoms with Gasteiger partial charge in [0.05, 0.1) is 5.69 Å². The van der Waals surface area contributed by atoms with Crippen molar-refractivity contribution in [2.24, 2.45) is 0 Å². The Bertz CT molecular complexity index is 694. The molecule has 0 aliphatic heterocycles. The first-order valence-corrected chi connectivity index (χ1v) is 6.35. The minimum Gasteiger partial charge on any atom is -0.506 e. The maximum Gasteiger partial charge on any atom is 0.308 e. The van der Waals surface area contributed by atoms with Crippen molar-refractivity contribution in [3.05, 3.63) is 53.6 Å². The van der Waals surface area contributed by atoms with Gasteiger partial charge in [-0.3, -0.25) is 9.59 Å². The second-order valence-corrected chi connectivity index (χ2v) is 4.60. The van der Waals surface area contributed by atoms with Crippen molar-refractivity contribution < 1.29 is 19.4 Å². The summed E-state index contributed by atoms with van der Waals surface area (Å²) in [5, 5.41) is 12.3. The highest BCUT2D eigenvalue weighted by atomic mass is 16.5. The van der Waals surface area contributed by atoms with Gasteiger partial charge in [0.15, 0.2) is 0 Å². The molecule has 5 nitrogen and oxygen atoms in total. The molecule has 0 aliphatic rings. The lowest BCUT2D eigenvalue weighted by Crippen LogP contribution is -2.12. The summed E-state index contributed by atoms with van der Waals surface area (Å²) in [6.07, 6.45) is 0. The van der Waals surface area contributed by atoms with Crippen molar-refractivity contribution >= 4 is 17.6 Å². The third-order valence-corrected chi connectivity index (χ3v) is 2.76. The number of esters is 1. The Labute approximate surface area is 122 Å². The summed E-state index contributed by atoms with van der Waals surface area (Å²) >= 11 is 0. The molecule has 5 heteroatoms. The minimum absolute atomic E-state index is 0.00918. The zero-order valence-corrected chi connectivity index (χ0v) is 11.7. The number of ether oxygens (including phenoxy) is 1. The van der Waals surface area contributed by atoms with Crippen LogP contribution in [-0.2, 0) is 4.79 Å². The molecule has 0 saturated heterocycles. The van der Waals surface area contributed by atoms with E-state index in [1.54, 1.807) is 30.3 Å². The molecule has 0 spiro atoms. The number of aryl methyl sites for hydroxylation is 1. The van der Waals surface area contributed by atoms with Gasteiger partial charge in [-0.15, -0.1) is 0 Å². The summed E-state index contributed by atoms with van der Waals surface area (Å²) in [6.45, 7) is 3.15. The molecule has 0 bridgehead atoms. The topological polar surface area (TPSA) is 75.6 Å². The van der Waals surface area contributed by atoms with Gasteiger partial charge in [0.2, 0.25) is 0 Å². The first-order valence-electron chi connectivity index (χ1n) is 6.35. The lowest BCUT2D eigenvalue weighted by atomic mass is 10.1. The second-order valence-electron chi connectivity index (χ2n) is 4.60. The van der Waals surface area contributed by atoms with Gasteiger partial charge in [0.25, 0.3) is 5.91 Å². The van der Waals surface area contributed by atoms with Crippen LogP contribution in [0.3, 0.4) is 0 Å². The first-order chi connectivity index (χ1) is 9.95. The van der Waals surface area contributed by atoms with Gasteiger partial charge in [-0.1, -0.05) is 12.1 Å². The molecule has 0 aliphatic carbocycles. The van der Waals surface area contributed by atoms with Crippen molar-refractivity contribution in [2.75, 3.05) is 5.32 Å². The van der Waals surface area contributed by atoms with E-state index in [-0.39, 0.29) is 5.75 Å². The summed E-state index contributed by atoms with van der Waals surface area (Å²) in [6, 6.07) is 11.2. The highest BCUT2D eigenvalue weighted by Crippen LogP contribution is 2.25. The normalized spacial score (nSPS) is 10.0. The van der Waals surface area contributed by atoms with E-state index in [2.05, 4.69) is 5.32 Å². The van der Waals surface area contributed by atoms with Gasteiger partial charge >= 0.3 is 5.97 Å². The number of amides is 1. The van der Waals surface area contributed by atoms with E-state index in [9.17, 15) is 14.7 Å². The maximum absolute atomic E-state index is 12.2.